The number of hydrogen-bond acceptors (Lipinski definition) is 2. The van der Waals surface area contributed by atoms with Gasteiger partial charge in [-0.05, 0) is 18.2 Å². The standard InChI is InChI=1S/C11H9ClFNO3/c12-8-2-1-7(4-9(8)13)14-5-6(11(16)17)3-10(14)15/h1-2,4,6H,3,5H2,(H,16,17)/t6-/m0/s1. The number of anilines is 1. The lowest BCUT2D eigenvalue weighted by atomic mass is 10.1. The smallest absolute Gasteiger partial charge is 0.308 e. The van der Waals surface area contributed by atoms with Crippen LogP contribution in [-0.4, -0.2) is 23.5 Å². The second-order valence-corrected chi connectivity index (χ2v) is 4.25. The summed E-state index contributed by atoms with van der Waals surface area (Å²) in [6.07, 6.45) is -0.0560. The van der Waals surface area contributed by atoms with E-state index in [1.165, 1.54) is 17.0 Å². The number of aliphatic carboxylic acids is 1. The number of halogens is 2. The quantitative estimate of drug-likeness (QED) is 0.881. The molecule has 1 amide bonds. The van der Waals surface area contributed by atoms with Crippen LogP contribution in [0.25, 0.3) is 0 Å². The van der Waals surface area contributed by atoms with Crippen molar-refractivity contribution in [3.05, 3.63) is 29.0 Å². The summed E-state index contributed by atoms with van der Waals surface area (Å²) in [5.41, 5.74) is 0.334. The van der Waals surface area contributed by atoms with Crippen molar-refractivity contribution in [1.82, 2.24) is 0 Å². The van der Waals surface area contributed by atoms with Gasteiger partial charge in [0.2, 0.25) is 5.91 Å². The van der Waals surface area contributed by atoms with E-state index in [1.807, 2.05) is 0 Å². The van der Waals surface area contributed by atoms with Gasteiger partial charge in [0.1, 0.15) is 5.82 Å². The van der Waals surface area contributed by atoms with E-state index in [-0.39, 0.29) is 23.9 Å². The van der Waals surface area contributed by atoms with Gasteiger partial charge in [0, 0.05) is 18.7 Å². The molecule has 90 valence electrons. The van der Waals surface area contributed by atoms with Crippen molar-refractivity contribution in [1.29, 1.82) is 0 Å². The second-order valence-electron chi connectivity index (χ2n) is 3.84. The first-order valence-corrected chi connectivity index (χ1v) is 5.35. The van der Waals surface area contributed by atoms with E-state index in [4.69, 9.17) is 16.7 Å². The molecule has 17 heavy (non-hydrogen) atoms. The van der Waals surface area contributed by atoms with Crippen LogP contribution < -0.4 is 4.90 Å². The van der Waals surface area contributed by atoms with Crippen LogP contribution in [0.5, 0.6) is 0 Å². The van der Waals surface area contributed by atoms with E-state index in [2.05, 4.69) is 0 Å². The van der Waals surface area contributed by atoms with Crippen molar-refractivity contribution in [3.63, 3.8) is 0 Å². The number of carboxylic acids is 1. The Bertz CT molecular complexity index is 492. The monoisotopic (exact) mass is 257 g/mol. The molecule has 1 atom stereocenters. The molecule has 0 unspecified atom stereocenters. The third-order valence-electron chi connectivity index (χ3n) is 2.69. The van der Waals surface area contributed by atoms with E-state index in [0.29, 0.717) is 5.69 Å². The van der Waals surface area contributed by atoms with E-state index in [0.717, 1.165) is 6.07 Å². The van der Waals surface area contributed by atoms with Gasteiger partial charge in [0.25, 0.3) is 0 Å². The average Bonchev–Trinajstić information content (AvgIpc) is 2.65. The molecule has 1 fully saturated rings. The fourth-order valence-corrected chi connectivity index (χ4v) is 1.89. The molecule has 6 heteroatoms. The Balaban J connectivity index is 2.26. The summed E-state index contributed by atoms with van der Waals surface area (Å²) in [7, 11) is 0. The second kappa shape index (κ2) is 4.33. The van der Waals surface area contributed by atoms with Gasteiger partial charge < -0.3 is 10.0 Å². The average molecular weight is 258 g/mol. The maximum atomic E-state index is 13.2. The Kier molecular flexibility index (Phi) is 3.02. The van der Waals surface area contributed by atoms with Gasteiger partial charge in [-0.3, -0.25) is 9.59 Å². The number of nitrogens with zero attached hydrogens (tertiary/aromatic N) is 1. The van der Waals surface area contributed by atoms with Gasteiger partial charge in [-0.25, -0.2) is 4.39 Å². The van der Waals surface area contributed by atoms with Crippen LogP contribution in [0.1, 0.15) is 6.42 Å². The zero-order valence-electron chi connectivity index (χ0n) is 8.69. The fourth-order valence-electron chi connectivity index (χ4n) is 1.78. The normalized spacial score (nSPS) is 19.8. The van der Waals surface area contributed by atoms with Crippen LogP contribution in [0, 0.1) is 11.7 Å². The molecule has 1 saturated heterocycles. The molecule has 0 spiro atoms. The van der Waals surface area contributed by atoms with Gasteiger partial charge in [-0.2, -0.15) is 0 Å². The number of hydrogen-bond donors (Lipinski definition) is 1. The number of rotatable bonds is 2. The summed E-state index contributed by atoms with van der Waals surface area (Å²) in [4.78, 5) is 23.6. The Morgan fingerprint density at radius 1 is 1.53 bits per heavy atom. The number of benzene rings is 1. The van der Waals surface area contributed by atoms with Crippen LogP contribution in [0.4, 0.5) is 10.1 Å². The summed E-state index contributed by atoms with van der Waals surface area (Å²) in [5.74, 6) is -2.70. The third-order valence-corrected chi connectivity index (χ3v) is 3.00. The first-order valence-electron chi connectivity index (χ1n) is 4.97. The van der Waals surface area contributed by atoms with E-state index >= 15 is 0 Å². The lowest BCUT2D eigenvalue weighted by molar-refractivity contribution is -0.141. The highest BCUT2D eigenvalue weighted by atomic mass is 35.5. The summed E-state index contributed by atoms with van der Waals surface area (Å²) in [5, 5.41) is 8.79. The highest BCUT2D eigenvalue weighted by molar-refractivity contribution is 6.30. The van der Waals surface area contributed by atoms with Gasteiger partial charge >= 0.3 is 5.97 Å². The molecule has 1 aliphatic heterocycles. The first-order chi connectivity index (χ1) is 7.99. The largest absolute Gasteiger partial charge is 0.481 e. The molecule has 4 nitrogen and oxygen atoms in total. The molecule has 0 bridgehead atoms. The maximum Gasteiger partial charge on any atom is 0.308 e. The zero-order chi connectivity index (χ0) is 12.6. The van der Waals surface area contributed by atoms with Gasteiger partial charge in [0.15, 0.2) is 0 Å². The van der Waals surface area contributed by atoms with E-state index in [1.54, 1.807) is 0 Å². The summed E-state index contributed by atoms with van der Waals surface area (Å²) in [6, 6.07) is 3.96. The third kappa shape index (κ3) is 2.24. The van der Waals surface area contributed by atoms with Crippen molar-refractivity contribution < 1.29 is 19.1 Å². The lowest BCUT2D eigenvalue weighted by Crippen LogP contribution is -2.25. The van der Waals surface area contributed by atoms with Crippen molar-refractivity contribution in [3.8, 4) is 0 Å². The summed E-state index contributed by atoms with van der Waals surface area (Å²) >= 11 is 5.53. The number of carbonyl (C=O) groups excluding carboxylic acids is 1. The molecule has 0 aliphatic carbocycles. The highest BCUT2D eigenvalue weighted by Crippen LogP contribution is 2.27. The predicted molar refractivity (Wildman–Crippen MR) is 59.5 cm³/mol. The molecular weight excluding hydrogens is 249 g/mol. The van der Waals surface area contributed by atoms with E-state index in [9.17, 15) is 14.0 Å². The van der Waals surface area contributed by atoms with Crippen LogP contribution >= 0.6 is 11.6 Å². The maximum absolute atomic E-state index is 13.2. The fraction of sp³-hybridized carbons (Fsp3) is 0.273. The minimum absolute atomic E-state index is 0.0322. The highest BCUT2D eigenvalue weighted by Gasteiger charge is 2.35. The molecule has 1 aromatic carbocycles. The Morgan fingerprint density at radius 3 is 2.76 bits per heavy atom. The topological polar surface area (TPSA) is 57.6 Å². The summed E-state index contributed by atoms with van der Waals surface area (Å²) in [6.45, 7) is 0.0647. The number of amides is 1. The molecule has 1 heterocycles. The molecule has 0 radical (unpaired) electrons. The SMILES string of the molecule is O=C(O)[C@H]1CC(=O)N(c2ccc(Cl)c(F)c2)C1. The number of carboxylic acid groups (broad SMARTS) is 1. The van der Waals surface area contributed by atoms with Crippen molar-refractivity contribution in [2.75, 3.05) is 11.4 Å². The predicted octanol–water partition coefficient (Wildman–Crippen LogP) is 1.92. The molecule has 0 saturated carbocycles. The van der Waals surface area contributed by atoms with Crippen molar-refractivity contribution in [2.45, 2.75) is 6.42 Å². The van der Waals surface area contributed by atoms with Gasteiger partial charge in [-0.15, -0.1) is 0 Å². The van der Waals surface area contributed by atoms with Crippen LogP contribution in [0.15, 0.2) is 18.2 Å². The Labute approximate surface area is 102 Å². The molecular formula is C11H9ClFNO3. The molecule has 1 aromatic rings. The Morgan fingerprint density at radius 2 is 2.24 bits per heavy atom. The van der Waals surface area contributed by atoms with Crippen LogP contribution in [0.3, 0.4) is 0 Å². The van der Waals surface area contributed by atoms with E-state index < -0.39 is 17.7 Å². The first kappa shape index (κ1) is 11.9. The number of carbonyl (C=O) groups is 2. The minimum atomic E-state index is -1.02. The molecule has 1 N–H and O–H groups in total. The van der Waals surface area contributed by atoms with Crippen LogP contribution in [-0.2, 0) is 9.59 Å². The molecule has 0 aromatic heterocycles. The summed E-state index contributed by atoms with van der Waals surface area (Å²) < 4.78 is 13.2. The molecule has 1 aliphatic rings. The molecule has 2 rings (SSSR count). The van der Waals surface area contributed by atoms with Gasteiger partial charge in [-0.1, -0.05) is 11.6 Å². The Hall–Kier alpha value is -1.62. The van der Waals surface area contributed by atoms with Crippen molar-refractivity contribution in [2.24, 2.45) is 5.92 Å². The lowest BCUT2D eigenvalue weighted by Gasteiger charge is -2.16. The minimum Gasteiger partial charge on any atom is -0.481 e. The zero-order valence-corrected chi connectivity index (χ0v) is 9.45. The van der Waals surface area contributed by atoms with Crippen molar-refractivity contribution >= 4 is 29.2 Å². The van der Waals surface area contributed by atoms with Crippen LogP contribution in [0.2, 0.25) is 5.02 Å². The van der Waals surface area contributed by atoms with Gasteiger partial charge in [0.05, 0.1) is 10.9 Å².